The van der Waals surface area contributed by atoms with Crippen LogP contribution in [-0.4, -0.2) is 59.3 Å². The van der Waals surface area contributed by atoms with Crippen LogP contribution >= 0.6 is 25.3 Å². The van der Waals surface area contributed by atoms with Crippen molar-refractivity contribution in [2.75, 3.05) is 39.4 Å². The largest absolute Gasteiger partial charge is 0.369 e. The minimum absolute atomic E-state index is 0.0300. The van der Waals surface area contributed by atoms with E-state index in [1.54, 1.807) is 0 Å². The second-order valence-corrected chi connectivity index (χ2v) is 9.92. The third kappa shape index (κ3) is 6.86. The first-order chi connectivity index (χ1) is 16.0. The smallest absolute Gasteiger partial charge is 0.141 e. The summed E-state index contributed by atoms with van der Waals surface area (Å²) in [5, 5.41) is 6.62. The lowest BCUT2D eigenvalue weighted by atomic mass is 10.1. The van der Waals surface area contributed by atoms with E-state index in [4.69, 9.17) is 44.7 Å². The second kappa shape index (κ2) is 11.9. The Hall–Kier alpha value is -1.30. The van der Waals surface area contributed by atoms with Crippen LogP contribution in [0.25, 0.3) is 0 Å². The number of nitrogens with one attached hydrogen (secondary N) is 2. The lowest BCUT2D eigenvalue weighted by molar-refractivity contribution is 0.0247. The molecule has 0 bridgehead atoms. The molecule has 180 valence electrons. The van der Waals surface area contributed by atoms with Crippen molar-refractivity contribution in [3.05, 3.63) is 46.6 Å². The first kappa shape index (κ1) is 24.8. The van der Waals surface area contributed by atoms with Crippen molar-refractivity contribution in [1.82, 2.24) is 30.6 Å². The average molecular weight is 491 g/mol. The minimum atomic E-state index is -0.0450. The van der Waals surface area contributed by atoms with Crippen LogP contribution in [0.5, 0.6) is 0 Å². The van der Waals surface area contributed by atoms with Crippen LogP contribution in [0, 0.1) is 13.8 Å². The van der Waals surface area contributed by atoms with E-state index >= 15 is 0 Å². The summed E-state index contributed by atoms with van der Waals surface area (Å²) in [6, 6.07) is 4.01. The van der Waals surface area contributed by atoms with Gasteiger partial charge in [-0.2, -0.15) is 25.3 Å². The van der Waals surface area contributed by atoms with Gasteiger partial charge < -0.3 is 20.1 Å². The van der Waals surface area contributed by atoms with Gasteiger partial charge in [0.15, 0.2) is 0 Å². The Morgan fingerprint density at radius 1 is 0.818 bits per heavy atom. The summed E-state index contributed by atoms with van der Waals surface area (Å²) in [5.41, 5.74) is 3.73. The molecule has 8 nitrogen and oxygen atoms in total. The summed E-state index contributed by atoms with van der Waals surface area (Å²) in [6.07, 6.45) is 2.56. The first-order valence-corrected chi connectivity index (χ1v) is 12.7. The maximum absolute atomic E-state index is 5.86. The number of ether oxygens (including phenoxy) is 2. The van der Waals surface area contributed by atoms with E-state index in [1.807, 2.05) is 26.0 Å². The fraction of sp³-hybridized carbons (Fsp3) is 0.652. The summed E-state index contributed by atoms with van der Waals surface area (Å²) in [6.45, 7) is 8.69. The molecule has 2 aromatic heterocycles. The Balaban J connectivity index is 1.34. The van der Waals surface area contributed by atoms with Gasteiger partial charge in [-0.15, -0.1) is 0 Å². The number of nitrogens with zero attached hydrogens (tertiary/aromatic N) is 4. The van der Waals surface area contributed by atoms with Gasteiger partial charge in [0, 0.05) is 37.6 Å². The van der Waals surface area contributed by atoms with Crippen molar-refractivity contribution < 1.29 is 9.47 Å². The molecule has 0 aliphatic carbocycles. The highest BCUT2D eigenvalue weighted by atomic mass is 32.1. The predicted molar refractivity (Wildman–Crippen MR) is 134 cm³/mol. The average Bonchev–Trinajstić information content (AvgIpc) is 2.84. The molecule has 2 aliphatic rings. The molecular weight excluding hydrogens is 456 g/mol. The standard InChI is InChI=1S/C23H34N6O2S2/c1-14-10-16(18-12-24-6-8-30-18)28-22(26-14)20(32)4-3-5-21(33)23-27-15(2)11-17(29-23)19-13-25-7-9-31-19/h10-11,18-21,24-25,32-33H,3-9,12-13H2,1-2H3. The van der Waals surface area contributed by atoms with E-state index in [0.29, 0.717) is 13.2 Å². The van der Waals surface area contributed by atoms with E-state index in [0.717, 1.165) is 79.9 Å². The molecular formula is C23H34N6O2S2. The molecule has 4 heterocycles. The van der Waals surface area contributed by atoms with Gasteiger partial charge in [-0.05, 0) is 38.8 Å². The molecule has 0 saturated carbocycles. The highest BCUT2D eigenvalue weighted by Gasteiger charge is 2.22. The van der Waals surface area contributed by atoms with Gasteiger partial charge in [0.25, 0.3) is 0 Å². The van der Waals surface area contributed by atoms with Gasteiger partial charge in [-0.3, -0.25) is 0 Å². The summed E-state index contributed by atoms with van der Waals surface area (Å²) in [5.74, 6) is 1.52. The maximum atomic E-state index is 5.86. The van der Waals surface area contributed by atoms with Crippen molar-refractivity contribution in [2.24, 2.45) is 0 Å². The number of hydrogen-bond acceptors (Lipinski definition) is 10. The fourth-order valence-corrected chi connectivity index (χ4v) is 4.73. The molecule has 0 aromatic carbocycles. The van der Waals surface area contributed by atoms with E-state index in [-0.39, 0.29) is 22.7 Å². The topological polar surface area (TPSA) is 94.1 Å². The van der Waals surface area contributed by atoms with Gasteiger partial charge in [-0.1, -0.05) is 6.42 Å². The van der Waals surface area contributed by atoms with Crippen LogP contribution < -0.4 is 10.6 Å². The molecule has 0 spiro atoms. The van der Waals surface area contributed by atoms with Crippen LogP contribution in [0.15, 0.2) is 12.1 Å². The van der Waals surface area contributed by atoms with Crippen LogP contribution in [0.2, 0.25) is 0 Å². The van der Waals surface area contributed by atoms with E-state index in [9.17, 15) is 0 Å². The Morgan fingerprint density at radius 2 is 1.27 bits per heavy atom. The molecule has 0 amide bonds. The summed E-state index contributed by atoms with van der Waals surface area (Å²) < 4.78 is 11.7. The molecule has 0 radical (unpaired) electrons. The van der Waals surface area contributed by atoms with Crippen molar-refractivity contribution in [3.8, 4) is 0 Å². The molecule has 2 N–H and O–H groups in total. The Kier molecular flexibility index (Phi) is 8.95. The lowest BCUT2D eigenvalue weighted by Crippen LogP contribution is -2.34. The molecule has 4 rings (SSSR count). The lowest BCUT2D eigenvalue weighted by Gasteiger charge is -2.24. The number of thiol groups is 2. The second-order valence-electron chi connectivity index (χ2n) is 8.67. The number of hydrogen-bond donors (Lipinski definition) is 4. The van der Waals surface area contributed by atoms with Gasteiger partial charge >= 0.3 is 0 Å². The van der Waals surface area contributed by atoms with Crippen molar-refractivity contribution in [1.29, 1.82) is 0 Å². The zero-order chi connectivity index (χ0) is 23.2. The highest BCUT2D eigenvalue weighted by molar-refractivity contribution is 7.80. The van der Waals surface area contributed by atoms with Crippen LogP contribution in [-0.2, 0) is 9.47 Å². The number of aryl methyl sites for hydroxylation is 2. The highest BCUT2D eigenvalue weighted by Crippen LogP contribution is 2.30. The zero-order valence-electron chi connectivity index (χ0n) is 19.3. The quantitative estimate of drug-likeness (QED) is 0.420. The van der Waals surface area contributed by atoms with E-state index in [2.05, 4.69) is 20.6 Å². The SMILES string of the molecule is Cc1cc(C2CNCCO2)nc(C(S)CCCC(S)c2nc(C)cc(C3CNCCO3)n2)n1. The number of rotatable bonds is 8. The molecule has 2 aromatic rings. The molecule has 33 heavy (non-hydrogen) atoms. The third-order valence-corrected chi connectivity index (χ3v) is 6.83. The molecule has 4 atom stereocenters. The van der Waals surface area contributed by atoms with Crippen LogP contribution in [0.3, 0.4) is 0 Å². The molecule has 4 unspecified atom stereocenters. The van der Waals surface area contributed by atoms with E-state index in [1.165, 1.54) is 0 Å². The molecule has 2 aliphatic heterocycles. The Morgan fingerprint density at radius 3 is 1.67 bits per heavy atom. The van der Waals surface area contributed by atoms with Crippen LogP contribution in [0.4, 0.5) is 0 Å². The number of aromatic nitrogens is 4. The van der Waals surface area contributed by atoms with Gasteiger partial charge in [0.2, 0.25) is 0 Å². The molecule has 10 heteroatoms. The normalized spacial score (nSPS) is 23.3. The van der Waals surface area contributed by atoms with Gasteiger partial charge in [0.05, 0.1) is 35.1 Å². The van der Waals surface area contributed by atoms with Crippen molar-refractivity contribution in [3.63, 3.8) is 0 Å². The summed E-state index contributed by atoms with van der Waals surface area (Å²) in [4.78, 5) is 18.8. The zero-order valence-corrected chi connectivity index (χ0v) is 21.1. The van der Waals surface area contributed by atoms with Crippen molar-refractivity contribution in [2.45, 2.75) is 55.8 Å². The third-order valence-electron chi connectivity index (χ3n) is 5.85. The molecule has 2 saturated heterocycles. The van der Waals surface area contributed by atoms with E-state index < -0.39 is 0 Å². The summed E-state index contributed by atoms with van der Waals surface area (Å²) in [7, 11) is 0. The number of morpholine rings is 2. The van der Waals surface area contributed by atoms with Gasteiger partial charge in [-0.25, -0.2) is 19.9 Å². The predicted octanol–water partition coefficient (Wildman–Crippen LogP) is 3.02. The van der Waals surface area contributed by atoms with Gasteiger partial charge in [0.1, 0.15) is 23.9 Å². The fourth-order valence-electron chi connectivity index (χ4n) is 4.13. The summed E-state index contributed by atoms with van der Waals surface area (Å²) >= 11 is 9.62. The Labute approximate surface area is 206 Å². The Bertz CT molecular complexity index is 848. The molecule has 2 fully saturated rings. The maximum Gasteiger partial charge on any atom is 0.141 e. The minimum Gasteiger partial charge on any atom is -0.369 e. The van der Waals surface area contributed by atoms with Crippen molar-refractivity contribution >= 4 is 25.3 Å². The monoisotopic (exact) mass is 490 g/mol. The first-order valence-electron chi connectivity index (χ1n) is 11.7. The van der Waals surface area contributed by atoms with Crippen LogP contribution in [0.1, 0.15) is 76.4 Å².